The third-order valence-electron chi connectivity index (χ3n) is 7.18. The van der Waals surface area contributed by atoms with Gasteiger partial charge in [0.15, 0.2) is 0 Å². The second kappa shape index (κ2) is 11.5. The minimum absolute atomic E-state index is 0.0919. The van der Waals surface area contributed by atoms with Gasteiger partial charge in [-0.25, -0.2) is 18.2 Å². The molecule has 0 bridgehead atoms. The van der Waals surface area contributed by atoms with Crippen LogP contribution in [0.15, 0.2) is 71.9 Å². The maximum absolute atomic E-state index is 13.1. The van der Waals surface area contributed by atoms with Crippen LogP contribution in [0.5, 0.6) is 5.88 Å². The van der Waals surface area contributed by atoms with E-state index in [1.165, 1.54) is 25.3 Å². The summed E-state index contributed by atoms with van der Waals surface area (Å²) in [7, 11) is -0.727. The van der Waals surface area contributed by atoms with E-state index in [9.17, 15) is 18.3 Å². The van der Waals surface area contributed by atoms with Crippen molar-refractivity contribution in [1.29, 1.82) is 0 Å². The summed E-state index contributed by atoms with van der Waals surface area (Å²) < 4.78 is 34.1. The predicted molar refractivity (Wildman–Crippen MR) is 155 cm³/mol. The van der Waals surface area contributed by atoms with Crippen LogP contribution in [0.25, 0.3) is 22.0 Å². The van der Waals surface area contributed by atoms with E-state index >= 15 is 0 Å². The van der Waals surface area contributed by atoms with E-state index in [1.54, 1.807) is 12.3 Å². The number of methoxy groups -OCH3 is 1. The van der Waals surface area contributed by atoms with Crippen LogP contribution >= 0.6 is 0 Å². The number of ether oxygens (including phenoxy) is 1. The summed E-state index contributed by atoms with van der Waals surface area (Å²) >= 11 is 0. The number of aromatic carboxylic acids is 1. The predicted octanol–water partition coefficient (Wildman–Crippen LogP) is 4.24. The molecule has 0 radical (unpaired) electrons. The van der Waals surface area contributed by atoms with Crippen molar-refractivity contribution < 1.29 is 23.1 Å². The van der Waals surface area contributed by atoms with Crippen LogP contribution < -0.4 is 19.7 Å². The second-order valence-corrected chi connectivity index (χ2v) is 11.5. The van der Waals surface area contributed by atoms with Crippen molar-refractivity contribution >= 4 is 38.3 Å². The van der Waals surface area contributed by atoms with Gasteiger partial charge in [-0.1, -0.05) is 12.1 Å². The third kappa shape index (κ3) is 5.70. The lowest BCUT2D eigenvalue weighted by Gasteiger charge is -2.34. The zero-order chi connectivity index (χ0) is 28.3. The van der Waals surface area contributed by atoms with Gasteiger partial charge in [-0.2, -0.15) is 0 Å². The fraction of sp³-hybridized carbons (Fsp3) is 0.276. The smallest absolute Gasteiger partial charge is 0.335 e. The van der Waals surface area contributed by atoms with Crippen LogP contribution in [0.2, 0.25) is 0 Å². The molecule has 11 heteroatoms. The summed E-state index contributed by atoms with van der Waals surface area (Å²) in [5.41, 5.74) is 3.53. The van der Waals surface area contributed by atoms with Gasteiger partial charge < -0.3 is 20.1 Å². The first-order valence-electron chi connectivity index (χ1n) is 13.0. The maximum atomic E-state index is 13.1. The molecule has 2 aromatic heterocycles. The number of rotatable bonds is 9. The van der Waals surface area contributed by atoms with Gasteiger partial charge in [0.05, 0.1) is 23.1 Å². The molecule has 1 saturated heterocycles. The quantitative estimate of drug-likeness (QED) is 0.274. The number of hydrogen-bond donors (Lipinski definition) is 3. The highest BCUT2D eigenvalue weighted by atomic mass is 32.2. The van der Waals surface area contributed by atoms with Gasteiger partial charge in [-0.15, -0.1) is 0 Å². The Balaban J connectivity index is 1.48. The van der Waals surface area contributed by atoms with Crippen LogP contribution in [-0.4, -0.2) is 63.3 Å². The monoisotopic (exact) mass is 561 g/mol. The van der Waals surface area contributed by atoms with Crippen LogP contribution in [0.4, 0.5) is 11.4 Å². The minimum atomic E-state index is -4.12. The lowest BCUT2D eigenvalue weighted by molar-refractivity contribution is 0.0696. The number of anilines is 2. The summed E-state index contributed by atoms with van der Waals surface area (Å²) in [6.07, 6.45) is 5.69. The molecule has 5 rings (SSSR count). The SMILES string of the molecule is CNCC1CCN(c2ccnc3ccc(-c4cnc(OC)c(NS(=O)(=O)c5cccc(C(=O)O)c5)c4)cc23)CC1. The number of benzene rings is 2. The Hall–Kier alpha value is -4.22. The summed E-state index contributed by atoms with van der Waals surface area (Å²) in [4.78, 5) is 22.5. The molecular weight excluding hydrogens is 530 g/mol. The van der Waals surface area contributed by atoms with Gasteiger partial charge in [0.2, 0.25) is 5.88 Å². The second-order valence-electron chi connectivity index (χ2n) is 9.77. The number of nitrogens with zero attached hydrogens (tertiary/aromatic N) is 3. The highest BCUT2D eigenvalue weighted by Crippen LogP contribution is 2.35. The average molecular weight is 562 g/mol. The lowest BCUT2D eigenvalue weighted by Crippen LogP contribution is -2.36. The Kier molecular flexibility index (Phi) is 7.85. The van der Waals surface area contributed by atoms with Gasteiger partial charge in [-0.05, 0) is 80.4 Å². The number of piperidine rings is 1. The first-order valence-corrected chi connectivity index (χ1v) is 14.5. The van der Waals surface area contributed by atoms with Crippen molar-refractivity contribution in [1.82, 2.24) is 15.3 Å². The molecule has 1 fully saturated rings. The zero-order valence-corrected chi connectivity index (χ0v) is 23.1. The summed E-state index contributed by atoms with van der Waals surface area (Å²) in [5, 5.41) is 13.6. The van der Waals surface area contributed by atoms with Crippen molar-refractivity contribution in [3.05, 3.63) is 72.6 Å². The van der Waals surface area contributed by atoms with E-state index < -0.39 is 16.0 Å². The van der Waals surface area contributed by atoms with Crippen molar-refractivity contribution in [3.63, 3.8) is 0 Å². The first-order chi connectivity index (χ1) is 19.3. The molecule has 3 heterocycles. The largest absolute Gasteiger partial charge is 0.480 e. The molecule has 0 amide bonds. The Labute approximate surface area is 233 Å². The number of carboxylic acid groups (broad SMARTS) is 1. The van der Waals surface area contributed by atoms with E-state index in [1.807, 2.05) is 31.4 Å². The van der Waals surface area contributed by atoms with Gasteiger partial charge in [-0.3, -0.25) is 9.71 Å². The van der Waals surface area contributed by atoms with Crippen molar-refractivity contribution in [2.75, 3.05) is 43.4 Å². The Morgan fingerprint density at radius 1 is 1.07 bits per heavy atom. The minimum Gasteiger partial charge on any atom is -0.480 e. The Bertz CT molecular complexity index is 1650. The van der Waals surface area contributed by atoms with Gasteiger partial charge in [0.1, 0.15) is 5.69 Å². The number of nitrogens with one attached hydrogen (secondary N) is 2. The van der Waals surface area contributed by atoms with Gasteiger partial charge in [0.25, 0.3) is 10.0 Å². The molecule has 2 aromatic carbocycles. The van der Waals surface area contributed by atoms with Crippen molar-refractivity contribution in [3.8, 4) is 17.0 Å². The highest BCUT2D eigenvalue weighted by molar-refractivity contribution is 7.92. The molecule has 1 aliphatic rings. The Morgan fingerprint density at radius 3 is 2.60 bits per heavy atom. The van der Waals surface area contributed by atoms with E-state index in [-0.39, 0.29) is 22.0 Å². The number of aromatic nitrogens is 2. The van der Waals surface area contributed by atoms with Crippen LogP contribution in [0, 0.1) is 5.92 Å². The van der Waals surface area contributed by atoms with E-state index in [4.69, 9.17) is 4.74 Å². The van der Waals surface area contributed by atoms with Crippen molar-refractivity contribution in [2.24, 2.45) is 5.92 Å². The number of sulfonamides is 1. The molecule has 208 valence electrons. The van der Waals surface area contributed by atoms with E-state index in [0.29, 0.717) is 11.5 Å². The topological polar surface area (TPSA) is 134 Å². The molecule has 0 saturated carbocycles. The zero-order valence-electron chi connectivity index (χ0n) is 22.3. The standard InChI is InChI=1S/C29H31N5O5S/c1-30-17-19-9-12-34(13-10-19)27-8-11-31-25-7-6-20(15-24(25)27)22-16-26(28(39-2)32-18-22)33-40(37,38)23-5-3-4-21(14-23)29(35)36/h3-8,11,14-16,18-19,30,33H,9-10,12-13,17H2,1-2H3,(H,35,36). The molecule has 0 spiro atoms. The molecule has 4 aromatic rings. The number of carboxylic acids is 1. The molecule has 1 aliphatic heterocycles. The summed E-state index contributed by atoms with van der Waals surface area (Å²) in [5.74, 6) is -0.454. The van der Waals surface area contributed by atoms with Gasteiger partial charge >= 0.3 is 5.97 Å². The van der Waals surface area contributed by atoms with Gasteiger partial charge in [0, 0.05) is 42.1 Å². The molecule has 40 heavy (non-hydrogen) atoms. The van der Waals surface area contributed by atoms with E-state index in [2.05, 4.69) is 31.0 Å². The number of hydrogen-bond acceptors (Lipinski definition) is 8. The molecule has 0 unspecified atom stereocenters. The van der Waals surface area contributed by atoms with Crippen LogP contribution in [0.1, 0.15) is 23.2 Å². The van der Waals surface area contributed by atoms with E-state index in [0.717, 1.165) is 60.7 Å². The molecule has 3 N–H and O–H groups in total. The van der Waals surface area contributed by atoms with Crippen LogP contribution in [-0.2, 0) is 10.0 Å². The third-order valence-corrected chi connectivity index (χ3v) is 8.54. The maximum Gasteiger partial charge on any atom is 0.335 e. The normalized spacial score (nSPS) is 14.3. The summed E-state index contributed by atoms with van der Waals surface area (Å²) in [6, 6.07) is 14.8. The van der Waals surface area contributed by atoms with Crippen molar-refractivity contribution in [2.45, 2.75) is 17.7 Å². The molecular formula is C29H31N5O5S. The average Bonchev–Trinajstić information content (AvgIpc) is 2.97. The first kappa shape index (κ1) is 27.4. The van der Waals surface area contributed by atoms with Crippen LogP contribution in [0.3, 0.4) is 0 Å². The fourth-order valence-electron chi connectivity index (χ4n) is 5.10. The Morgan fingerprint density at radius 2 is 1.88 bits per heavy atom. The number of pyridine rings is 2. The highest BCUT2D eigenvalue weighted by Gasteiger charge is 2.22. The molecule has 0 aliphatic carbocycles. The number of fused-ring (bicyclic) bond motifs is 1. The number of carbonyl (C=O) groups is 1. The summed E-state index contributed by atoms with van der Waals surface area (Å²) in [6.45, 7) is 2.96. The fourth-order valence-corrected chi connectivity index (χ4v) is 6.19. The molecule has 0 atom stereocenters. The lowest BCUT2D eigenvalue weighted by atomic mass is 9.95. The molecule has 10 nitrogen and oxygen atoms in total.